The number of rotatable bonds is 3. The SMILES string of the molecule is [2H]C([2H])([2H])c1ccccc1-c1cc(-c2cc(C3([2H])CCCCC3)c(C([2H])([2H])[2H])c[n+]2C)c(C)cc1C([2H])([2H])[2H]. The molecular weight excluding hydrogens is 350 g/mol. The lowest BCUT2D eigenvalue weighted by molar-refractivity contribution is -0.660. The Labute approximate surface area is 190 Å². The van der Waals surface area contributed by atoms with Gasteiger partial charge in [0.2, 0.25) is 5.69 Å². The third kappa shape index (κ3) is 3.88. The third-order valence-electron chi connectivity index (χ3n) is 5.97. The quantitative estimate of drug-likeness (QED) is 0.416. The molecule has 150 valence electrons. The average molecular weight is 395 g/mol. The first-order valence-electron chi connectivity index (χ1n) is 15.2. The maximum Gasteiger partial charge on any atom is 0.212 e. The van der Waals surface area contributed by atoms with Crippen molar-refractivity contribution in [1.82, 2.24) is 0 Å². The highest BCUT2D eigenvalue weighted by Gasteiger charge is 2.23. The summed E-state index contributed by atoms with van der Waals surface area (Å²) in [6.45, 7) is -5.56. The van der Waals surface area contributed by atoms with Gasteiger partial charge in [0.25, 0.3) is 0 Å². The summed E-state index contributed by atoms with van der Waals surface area (Å²) in [6, 6.07) is 11.5. The average Bonchev–Trinajstić information content (AvgIpc) is 2.82. The van der Waals surface area contributed by atoms with E-state index < -0.39 is 26.4 Å². The minimum atomic E-state index is -2.49. The molecule has 29 heavy (non-hydrogen) atoms. The minimum absolute atomic E-state index is 0.0479. The van der Waals surface area contributed by atoms with E-state index in [9.17, 15) is 1.37 Å². The second-order valence-corrected chi connectivity index (χ2v) is 8.02. The van der Waals surface area contributed by atoms with Crippen LogP contribution in [0.2, 0.25) is 0 Å². The fourth-order valence-electron chi connectivity index (χ4n) is 4.38. The minimum Gasteiger partial charge on any atom is -0.201 e. The van der Waals surface area contributed by atoms with E-state index in [1.807, 2.05) is 0 Å². The van der Waals surface area contributed by atoms with Crippen LogP contribution in [0.3, 0.4) is 0 Å². The summed E-state index contributed by atoms with van der Waals surface area (Å²) >= 11 is 0. The Morgan fingerprint density at radius 1 is 0.828 bits per heavy atom. The van der Waals surface area contributed by atoms with Crippen LogP contribution in [-0.4, -0.2) is 0 Å². The van der Waals surface area contributed by atoms with Crippen molar-refractivity contribution in [3.8, 4) is 22.4 Å². The fraction of sp³-hybridized carbons (Fsp3) is 0.393. The van der Waals surface area contributed by atoms with Gasteiger partial charge in [-0.3, -0.25) is 0 Å². The summed E-state index contributed by atoms with van der Waals surface area (Å²) in [6.07, 6.45) is 5.41. The Morgan fingerprint density at radius 2 is 1.59 bits per heavy atom. The zero-order valence-corrected chi connectivity index (χ0v) is 17.1. The van der Waals surface area contributed by atoms with Crippen molar-refractivity contribution < 1.29 is 18.3 Å². The first-order chi connectivity index (χ1) is 17.9. The molecule has 2 aromatic carbocycles. The molecule has 4 rings (SSSR count). The van der Waals surface area contributed by atoms with Gasteiger partial charge < -0.3 is 0 Å². The van der Waals surface area contributed by atoms with E-state index in [2.05, 4.69) is 0 Å². The Hall–Kier alpha value is -2.41. The highest BCUT2D eigenvalue weighted by atomic mass is 14.9. The number of aryl methyl sites for hydroxylation is 5. The molecule has 1 heteroatoms. The normalized spacial score (nSPS) is 22.4. The van der Waals surface area contributed by atoms with Crippen molar-refractivity contribution in [3.63, 3.8) is 0 Å². The van der Waals surface area contributed by atoms with Crippen LogP contribution >= 0.6 is 0 Å². The standard InChI is InChI=1S/C28H34N/c1-19-11-9-10-14-24(19)26-16-27(21(3)15-20(26)2)28-17-25(22(4)18-29(28)5)23-12-7-6-8-13-23/h9-11,14-18,23H,6-8,12-13H2,1-5H3/q+1/i1D3,2D3,4D3,23D. The monoisotopic (exact) mass is 394 g/mol. The largest absolute Gasteiger partial charge is 0.212 e. The molecule has 0 unspecified atom stereocenters. The molecule has 1 aromatic heterocycles. The predicted octanol–water partition coefficient (Wildman–Crippen LogP) is 7.13. The molecule has 1 heterocycles. The maximum absolute atomic E-state index is 9.26. The highest BCUT2D eigenvalue weighted by Crippen LogP contribution is 2.37. The number of aromatic nitrogens is 1. The molecule has 1 aliphatic rings. The number of hydrogen-bond donors (Lipinski definition) is 0. The summed E-state index contributed by atoms with van der Waals surface area (Å²) in [5, 5.41) is 0. The Morgan fingerprint density at radius 3 is 2.34 bits per heavy atom. The van der Waals surface area contributed by atoms with Gasteiger partial charge in [0.15, 0.2) is 6.20 Å². The number of benzene rings is 2. The van der Waals surface area contributed by atoms with Crippen molar-refractivity contribution in [1.29, 1.82) is 0 Å². The van der Waals surface area contributed by atoms with Crippen molar-refractivity contribution in [2.45, 2.75) is 65.5 Å². The predicted molar refractivity (Wildman–Crippen MR) is 123 cm³/mol. The van der Waals surface area contributed by atoms with E-state index in [1.165, 1.54) is 6.07 Å². The van der Waals surface area contributed by atoms with Gasteiger partial charge in [-0.05, 0) is 85.7 Å². The summed E-state index contributed by atoms with van der Waals surface area (Å²) in [4.78, 5) is 0. The lowest BCUT2D eigenvalue weighted by Crippen LogP contribution is -2.32. The van der Waals surface area contributed by atoms with Crippen LogP contribution < -0.4 is 4.57 Å². The van der Waals surface area contributed by atoms with Crippen LogP contribution in [0.4, 0.5) is 0 Å². The molecule has 0 atom stereocenters. The van der Waals surface area contributed by atoms with E-state index in [0.29, 0.717) is 46.4 Å². The molecule has 0 spiro atoms. The smallest absolute Gasteiger partial charge is 0.201 e. The van der Waals surface area contributed by atoms with Crippen LogP contribution in [0.5, 0.6) is 0 Å². The third-order valence-corrected chi connectivity index (χ3v) is 5.97. The van der Waals surface area contributed by atoms with E-state index in [4.69, 9.17) is 12.3 Å². The summed E-state index contributed by atoms with van der Waals surface area (Å²) in [5.41, 5.74) is 3.28. The molecule has 1 aliphatic carbocycles. The van der Waals surface area contributed by atoms with Crippen LogP contribution in [-0.2, 0) is 7.05 Å². The molecule has 1 saturated carbocycles. The van der Waals surface area contributed by atoms with Gasteiger partial charge in [-0.15, -0.1) is 0 Å². The Bertz CT molecular complexity index is 1380. The van der Waals surface area contributed by atoms with Gasteiger partial charge in [-0.2, -0.15) is 0 Å². The van der Waals surface area contributed by atoms with Crippen LogP contribution in [0.25, 0.3) is 22.4 Å². The van der Waals surface area contributed by atoms with Crippen molar-refractivity contribution in [2.75, 3.05) is 0 Å². The van der Waals surface area contributed by atoms with Gasteiger partial charge in [-0.25, -0.2) is 4.57 Å². The number of hydrogen-bond acceptors (Lipinski definition) is 0. The Balaban J connectivity index is 2.04. The zero-order valence-electron chi connectivity index (χ0n) is 27.1. The van der Waals surface area contributed by atoms with E-state index >= 15 is 0 Å². The van der Waals surface area contributed by atoms with Gasteiger partial charge in [0, 0.05) is 30.9 Å². The summed E-state index contributed by atoms with van der Waals surface area (Å²) in [5.74, 6) is -1.03. The van der Waals surface area contributed by atoms with Crippen LogP contribution in [0.15, 0.2) is 48.7 Å². The summed E-state index contributed by atoms with van der Waals surface area (Å²) < 4.78 is 84.2. The van der Waals surface area contributed by atoms with E-state index in [0.717, 1.165) is 19.3 Å². The first kappa shape index (κ1) is 11.1. The van der Waals surface area contributed by atoms with Crippen molar-refractivity contribution in [3.05, 3.63) is 76.5 Å². The van der Waals surface area contributed by atoms with E-state index in [1.54, 1.807) is 61.1 Å². The molecular formula is C28H34N+. The first-order valence-corrected chi connectivity index (χ1v) is 10.2. The second-order valence-electron chi connectivity index (χ2n) is 8.02. The van der Waals surface area contributed by atoms with Crippen molar-refractivity contribution in [2.24, 2.45) is 7.05 Å². The molecule has 0 aliphatic heterocycles. The highest BCUT2D eigenvalue weighted by molar-refractivity contribution is 5.77. The topological polar surface area (TPSA) is 3.88 Å². The van der Waals surface area contributed by atoms with Gasteiger partial charge in [-0.1, -0.05) is 49.6 Å². The molecule has 0 saturated heterocycles. The van der Waals surface area contributed by atoms with Gasteiger partial charge >= 0.3 is 0 Å². The second kappa shape index (κ2) is 8.14. The summed E-state index contributed by atoms with van der Waals surface area (Å²) in [7, 11) is 1.74. The lowest BCUT2D eigenvalue weighted by Gasteiger charge is -2.23. The molecule has 0 radical (unpaired) electrons. The maximum atomic E-state index is 9.26. The fourth-order valence-corrected chi connectivity index (χ4v) is 4.38. The molecule has 3 aromatic rings. The number of nitrogens with zero attached hydrogens (tertiary/aromatic N) is 1. The van der Waals surface area contributed by atoms with Gasteiger partial charge in [0.1, 0.15) is 7.05 Å². The molecule has 1 fully saturated rings. The lowest BCUT2D eigenvalue weighted by atomic mass is 9.82. The zero-order chi connectivity index (χ0) is 29.0. The van der Waals surface area contributed by atoms with Crippen LogP contribution in [0, 0.1) is 27.5 Å². The molecule has 0 amide bonds. The van der Waals surface area contributed by atoms with Gasteiger partial charge in [0.05, 0.1) is 0 Å². The Kier molecular flexibility index (Phi) is 3.12. The molecule has 1 nitrogen and oxygen atoms in total. The van der Waals surface area contributed by atoms with Crippen molar-refractivity contribution >= 4 is 0 Å². The van der Waals surface area contributed by atoms with E-state index in [-0.39, 0.29) is 16.7 Å². The number of pyridine rings is 1. The molecule has 0 bridgehead atoms. The van der Waals surface area contributed by atoms with Crippen LogP contribution in [0.1, 0.15) is 79.5 Å². The molecule has 0 N–H and O–H groups in total.